The van der Waals surface area contributed by atoms with Crippen molar-refractivity contribution in [1.29, 1.82) is 0 Å². The molecule has 2 aliphatic rings. The van der Waals surface area contributed by atoms with Crippen molar-refractivity contribution in [3.05, 3.63) is 45.6 Å². The van der Waals surface area contributed by atoms with Crippen molar-refractivity contribution >= 4 is 23.3 Å². The van der Waals surface area contributed by atoms with Crippen LogP contribution < -0.4 is 10.2 Å². The van der Waals surface area contributed by atoms with Crippen molar-refractivity contribution in [3.8, 4) is 0 Å². The van der Waals surface area contributed by atoms with E-state index in [1.807, 2.05) is 0 Å². The number of ether oxygens (including phenoxy) is 1. The van der Waals surface area contributed by atoms with E-state index >= 15 is 0 Å². The van der Waals surface area contributed by atoms with Gasteiger partial charge in [-0.3, -0.25) is 14.9 Å². The number of nitrogens with zero attached hydrogens (tertiary/aromatic N) is 2. The van der Waals surface area contributed by atoms with Gasteiger partial charge in [-0.1, -0.05) is 25.3 Å². The molecule has 1 aromatic carbocycles. The Bertz CT molecular complexity index is 768. The normalized spacial score (nSPS) is 18.2. The van der Waals surface area contributed by atoms with E-state index in [0.29, 0.717) is 5.69 Å². The quantitative estimate of drug-likeness (QED) is 0.492. The zero-order valence-electron chi connectivity index (χ0n) is 14.6. The molecule has 8 heteroatoms. The first-order valence-corrected chi connectivity index (χ1v) is 8.65. The maximum absolute atomic E-state index is 12.9. The highest BCUT2D eigenvalue weighted by atomic mass is 16.6. The van der Waals surface area contributed by atoms with Gasteiger partial charge < -0.3 is 15.0 Å². The third-order valence-electron chi connectivity index (χ3n) is 4.81. The van der Waals surface area contributed by atoms with E-state index < -0.39 is 10.9 Å². The van der Waals surface area contributed by atoms with E-state index in [2.05, 4.69) is 5.32 Å². The molecule has 3 rings (SSSR count). The molecule has 0 radical (unpaired) electrons. The summed E-state index contributed by atoms with van der Waals surface area (Å²) in [6.07, 6.45) is 5.24. The van der Waals surface area contributed by atoms with Crippen LogP contribution in [0.15, 0.2) is 35.5 Å². The standard InChI is InChI=1S/C18H21N3O5/c1-26-18(23)15-11-20(13-8-5-9-14(10-13)21(24)25)17(22)16(15)19-12-6-3-2-4-7-12/h5,8-10,12,19H,2-4,6-7,11H2,1H3. The predicted molar refractivity (Wildman–Crippen MR) is 94.5 cm³/mol. The van der Waals surface area contributed by atoms with Crippen LogP contribution in [0.5, 0.6) is 0 Å². The third-order valence-corrected chi connectivity index (χ3v) is 4.81. The number of nitro groups is 1. The molecular weight excluding hydrogens is 338 g/mol. The van der Waals surface area contributed by atoms with Gasteiger partial charge in [0.05, 0.1) is 29.8 Å². The topological polar surface area (TPSA) is 102 Å². The molecule has 0 saturated heterocycles. The second-order valence-electron chi connectivity index (χ2n) is 6.49. The van der Waals surface area contributed by atoms with Gasteiger partial charge in [-0.2, -0.15) is 0 Å². The summed E-state index contributed by atoms with van der Waals surface area (Å²) in [5.74, 6) is -0.930. The predicted octanol–water partition coefficient (Wildman–Crippen LogP) is 2.29. The molecule has 138 valence electrons. The zero-order chi connectivity index (χ0) is 18.7. The van der Waals surface area contributed by atoms with Crippen molar-refractivity contribution in [2.75, 3.05) is 18.6 Å². The van der Waals surface area contributed by atoms with Gasteiger partial charge in [0.2, 0.25) is 0 Å². The molecule has 1 fully saturated rings. The summed E-state index contributed by atoms with van der Waals surface area (Å²) >= 11 is 0. The first-order chi connectivity index (χ1) is 12.5. The number of carbonyl (C=O) groups is 2. The smallest absolute Gasteiger partial charge is 0.337 e. The second-order valence-corrected chi connectivity index (χ2v) is 6.49. The first kappa shape index (κ1) is 17.9. The van der Waals surface area contributed by atoms with Crippen LogP contribution >= 0.6 is 0 Å². The summed E-state index contributed by atoms with van der Waals surface area (Å²) < 4.78 is 4.82. The van der Waals surface area contributed by atoms with E-state index in [0.717, 1.165) is 25.7 Å². The Hall–Kier alpha value is -2.90. The maximum atomic E-state index is 12.9. The molecule has 1 aliphatic carbocycles. The van der Waals surface area contributed by atoms with Crippen LogP contribution in [0.1, 0.15) is 32.1 Å². The lowest BCUT2D eigenvalue weighted by Crippen LogP contribution is -2.36. The maximum Gasteiger partial charge on any atom is 0.337 e. The van der Waals surface area contributed by atoms with E-state index in [1.54, 1.807) is 6.07 Å². The third kappa shape index (κ3) is 3.54. The van der Waals surface area contributed by atoms with Gasteiger partial charge in [0.15, 0.2) is 0 Å². The van der Waals surface area contributed by atoms with Gasteiger partial charge in [-0.15, -0.1) is 0 Å². The average Bonchev–Trinajstić information content (AvgIpc) is 2.98. The van der Waals surface area contributed by atoms with E-state index in [4.69, 9.17) is 4.74 Å². The van der Waals surface area contributed by atoms with Crippen LogP contribution in [0.2, 0.25) is 0 Å². The number of nitrogens with one attached hydrogen (secondary N) is 1. The Kier molecular flexibility index (Phi) is 5.20. The van der Waals surface area contributed by atoms with Crippen LogP contribution in [-0.4, -0.2) is 36.5 Å². The largest absolute Gasteiger partial charge is 0.466 e. The molecule has 1 amide bonds. The summed E-state index contributed by atoms with van der Waals surface area (Å²) in [5.41, 5.74) is 0.777. The number of anilines is 1. The van der Waals surface area contributed by atoms with Gasteiger partial charge in [0.25, 0.3) is 11.6 Å². The molecule has 8 nitrogen and oxygen atoms in total. The van der Waals surface area contributed by atoms with Crippen LogP contribution in [0.25, 0.3) is 0 Å². The number of hydrogen-bond acceptors (Lipinski definition) is 6. The van der Waals surface area contributed by atoms with Crippen LogP contribution in [0, 0.1) is 10.1 Å². The Labute approximate surface area is 151 Å². The molecule has 0 spiro atoms. The van der Waals surface area contributed by atoms with Crippen molar-refractivity contribution in [2.24, 2.45) is 0 Å². The summed E-state index contributed by atoms with van der Waals surface area (Å²) in [7, 11) is 1.27. The minimum Gasteiger partial charge on any atom is -0.466 e. The fourth-order valence-corrected chi connectivity index (χ4v) is 3.45. The number of hydrogen-bond donors (Lipinski definition) is 1. The van der Waals surface area contributed by atoms with Crippen LogP contribution in [-0.2, 0) is 14.3 Å². The summed E-state index contributed by atoms with van der Waals surface area (Å²) in [4.78, 5) is 36.9. The van der Waals surface area contributed by atoms with E-state index in [-0.39, 0.29) is 35.5 Å². The molecule has 1 N–H and O–H groups in total. The van der Waals surface area contributed by atoms with Gasteiger partial charge in [0, 0.05) is 18.2 Å². The molecule has 1 aromatic rings. The van der Waals surface area contributed by atoms with Gasteiger partial charge >= 0.3 is 5.97 Å². The lowest BCUT2D eigenvalue weighted by atomic mass is 9.95. The number of non-ortho nitro benzene ring substituents is 1. The molecule has 26 heavy (non-hydrogen) atoms. The first-order valence-electron chi connectivity index (χ1n) is 8.65. The number of amides is 1. The molecular formula is C18H21N3O5. The second kappa shape index (κ2) is 7.55. The molecule has 1 saturated carbocycles. The number of methoxy groups -OCH3 is 1. The number of carbonyl (C=O) groups excluding carboxylic acids is 2. The van der Waals surface area contributed by atoms with E-state index in [1.165, 1.54) is 36.6 Å². The highest BCUT2D eigenvalue weighted by molar-refractivity contribution is 6.15. The highest BCUT2D eigenvalue weighted by Gasteiger charge is 2.37. The number of benzene rings is 1. The number of nitro benzene ring substituents is 1. The van der Waals surface area contributed by atoms with E-state index in [9.17, 15) is 19.7 Å². The summed E-state index contributed by atoms with van der Waals surface area (Å²) in [6.45, 7) is 0.0295. The van der Waals surface area contributed by atoms with Gasteiger partial charge in [0.1, 0.15) is 5.70 Å². The van der Waals surface area contributed by atoms with Gasteiger partial charge in [-0.05, 0) is 18.9 Å². The lowest BCUT2D eigenvalue weighted by Gasteiger charge is -2.24. The van der Waals surface area contributed by atoms with Crippen molar-refractivity contribution in [1.82, 2.24) is 5.32 Å². The Morgan fingerprint density at radius 2 is 2.04 bits per heavy atom. The minimum atomic E-state index is -0.565. The van der Waals surface area contributed by atoms with Gasteiger partial charge in [-0.25, -0.2) is 4.79 Å². The fraction of sp³-hybridized carbons (Fsp3) is 0.444. The van der Waals surface area contributed by atoms with Crippen molar-refractivity contribution < 1.29 is 19.2 Å². The van der Waals surface area contributed by atoms with Crippen LogP contribution in [0.4, 0.5) is 11.4 Å². The van der Waals surface area contributed by atoms with Crippen molar-refractivity contribution in [2.45, 2.75) is 38.1 Å². The molecule has 1 heterocycles. The molecule has 0 unspecified atom stereocenters. The Morgan fingerprint density at radius 1 is 1.31 bits per heavy atom. The minimum absolute atomic E-state index is 0.0295. The fourth-order valence-electron chi connectivity index (χ4n) is 3.45. The average molecular weight is 359 g/mol. The SMILES string of the molecule is COC(=O)C1=C(NC2CCCCC2)C(=O)N(c2cccc([N+](=O)[O-])c2)C1. The number of rotatable bonds is 5. The monoisotopic (exact) mass is 359 g/mol. The van der Waals surface area contributed by atoms with Crippen LogP contribution in [0.3, 0.4) is 0 Å². The molecule has 0 bridgehead atoms. The Balaban J connectivity index is 1.88. The zero-order valence-corrected chi connectivity index (χ0v) is 14.6. The highest BCUT2D eigenvalue weighted by Crippen LogP contribution is 2.29. The summed E-state index contributed by atoms with van der Waals surface area (Å²) in [5, 5.41) is 14.2. The molecule has 0 aromatic heterocycles. The molecule has 1 aliphatic heterocycles. The summed E-state index contributed by atoms with van der Waals surface area (Å²) in [6, 6.07) is 5.97. The Morgan fingerprint density at radius 3 is 2.69 bits per heavy atom. The van der Waals surface area contributed by atoms with Crippen molar-refractivity contribution in [3.63, 3.8) is 0 Å². The lowest BCUT2D eigenvalue weighted by molar-refractivity contribution is -0.384. The molecule has 0 atom stereocenters. The number of esters is 1.